The number of carboxylic acid groups (broad SMARTS) is 1. The zero-order valence-corrected chi connectivity index (χ0v) is 26.1. The van der Waals surface area contributed by atoms with Crippen molar-refractivity contribution in [2.45, 2.75) is 128 Å². The molecule has 1 saturated carbocycles. The van der Waals surface area contributed by atoms with Gasteiger partial charge in [-0.15, -0.1) is 0 Å². The van der Waals surface area contributed by atoms with Crippen LogP contribution in [0, 0.1) is 11.8 Å². The standard InChI is InChI=1S/C33H50N2O8/c1-5-23(36)30-33(17-18-34-19-21-9-8-10-21)27-22(11-6-7-16-32(33,4)41)12-13-24(29(27)43-30)42-26(38)15-14-25(37)35-28(20(2)3)31(39)40/h12-13,20-21,23,28,30,34,36,41H,5-11,14-19H2,1-4H3,(H,35,37)(H,39,40)/t23-,28?,30-,32+,33-/m0/s1. The van der Waals surface area contributed by atoms with Gasteiger partial charge in [-0.25, -0.2) is 4.79 Å². The minimum absolute atomic E-state index is 0.198. The maximum absolute atomic E-state index is 12.9. The van der Waals surface area contributed by atoms with Gasteiger partial charge in [0, 0.05) is 12.0 Å². The Labute approximate surface area is 254 Å². The molecule has 1 aliphatic heterocycles. The van der Waals surface area contributed by atoms with Gasteiger partial charge in [0.15, 0.2) is 11.5 Å². The molecule has 1 amide bonds. The van der Waals surface area contributed by atoms with Crippen molar-refractivity contribution in [3.05, 3.63) is 23.3 Å². The van der Waals surface area contributed by atoms with Crippen LogP contribution in [0.4, 0.5) is 0 Å². The summed E-state index contributed by atoms with van der Waals surface area (Å²) < 4.78 is 12.3. The predicted octanol–water partition coefficient (Wildman–Crippen LogP) is 3.62. The number of hydrogen-bond donors (Lipinski definition) is 5. The van der Waals surface area contributed by atoms with E-state index >= 15 is 0 Å². The van der Waals surface area contributed by atoms with Crippen LogP contribution in [0.15, 0.2) is 12.1 Å². The molecule has 10 nitrogen and oxygen atoms in total. The molecule has 0 bridgehead atoms. The second-order valence-electron chi connectivity index (χ2n) is 13.2. The summed E-state index contributed by atoms with van der Waals surface area (Å²) in [5, 5.41) is 38.9. The number of rotatable bonds is 14. The molecule has 0 saturated heterocycles. The van der Waals surface area contributed by atoms with E-state index in [9.17, 15) is 29.7 Å². The normalized spacial score (nSPS) is 26.3. The van der Waals surface area contributed by atoms with Gasteiger partial charge >= 0.3 is 11.9 Å². The van der Waals surface area contributed by atoms with Crippen LogP contribution in [-0.2, 0) is 26.2 Å². The van der Waals surface area contributed by atoms with Crippen molar-refractivity contribution in [1.29, 1.82) is 0 Å². The van der Waals surface area contributed by atoms with Crippen molar-refractivity contribution in [3.63, 3.8) is 0 Å². The van der Waals surface area contributed by atoms with Gasteiger partial charge in [-0.3, -0.25) is 9.59 Å². The molecule has 43 heavy (non-hydrogen) atoms. The SMILES string of the molecule is CC[C@H](O)[C@@H]1Oc2c(OC(=O)CCC(=O)NC(C(=O)O)C(C)C)ccc3c2[C@]1(CCNCC1CCC1)[C@](C)(O)CCCC3. The van der Waals surface area contributed by atoms with Crippen molar-refractivity contribution in [1.82, 2.24) is 10.6 Å². The number of aliphatic hydroxyl groups excluding tert-OH is 1. The summed E-state index contributed by atoms with van der Waals surface area (Å²) in [4.78, 5) is 36.8. The molecule has 5 atom stereocenters. The number of aryl methyl sites for hydroxylation is 1. The van der Waals surface area contributed by atoms with E-state index < -0.39 is 47.1 Å². The molecule has 1 heterocycles. The second-order valence-corrected chi connectivity index (χ2v) is 13.2. The summed E-state index contributed by atoms with van der Waals surface area (Å²) in [6.07, 6.45) is 5.72. The smallest absolute Gasteiger partial charge is 0.326 e. The highest BCUT2D eigenvalue weighted by Gasteiger charge is 2.62. The molecule has 0 spiro atoms. The van der Waals surface area contributed by atoms with E-state index in [0.717, 1.165) is 36.9 Å². The van der Waals surface area contributed by atoms with Gasteiger partial charge in [-0.05, 0) is 88.4 Å². The third kappa shape index (κ3) is 7.02. The van der Waals surface area contributed by atoms with E-state index in [1.54, 1.807) is 19.9 Å². The maximum Gasteiger partial charge on any atom is 0.326 e. The quantitative estimate of drug-likeness (QED) is 0.122. The zero-order chi connectivity index (χ0) is 31.4. The summed E-state index contributed by atoms with van der Waals surface area (Å²) in [5.41, 5.74) is -0.285. The Morgan fingerprint density at radius 3 is 2.51 bits per heavy atom. The lowest BCUT2D eigenvalue weighted by Gasteiger charge is -2.48. The number of carbonyl (C=O) groups is 3. The molecule has 1 aromatic rings. The molecular weight excluding hydrogens is 552 g/mol. The first-order chi connectivity index (χ1) is 20.4. The highest BCUT2D eigenvalue weighted by atomic mass is 16.6. The highest BCUT2D eigenvalue weighted by molar-refractivity contribution is 5.86. The van der Waals surface area contributed by atoms with Gasteiger partial charge < -0.3 is 35.4 Å². The van der Waals surface area contributed by atoms with E-state index in [4.69, 9.17) is 9.47 Å². The summed E-state index contributed by atoms with van der Waals surface area (Å²) >= 11 is 0. The molecule has 0 aromatic heterocycles. The van der Waals surface area contributed by atoms with Gasteiger partial charge in [0.2, 0.25) is 5.91 Å². The first-order valence-electron chi connectivity index (χ1n) is 16.1. The fourth-order valence-electron chi connectivity index (χ4n) is 7.05. The van der Waals surface area contributed by atoms with E-state index in [-0.39, 0.29) is 24.5 Å². The number of hydrogen-bond acceptors (Lipinski definition) is 8. The third-order valence-electron chi connectivity index (χ3n) is 9.86. The summed E-state index contributed by atoms with van der Waals surface area (Å²) in [6, 6.07) is 2.58. The predicted molar refractivity (Wildman–Crippen MR) is 161 cm³/mol. The number of aliphatic hydroxyl groups is 2. The van der Waals surface area contributed by atoms with Gasteiger partial charge in [0.05, 0.1) is 23.5 Å². The number of amides is 1. The van der Waals surface area contributed by atoms with Crippen molar-refractivity contribution >= 4 is 17.8 Å². The fraction of sp³-hybridized carbons (Fsp3) is 0.727. The Morgan fingerprint density at radius 2 is 1.88 bits per heavy atom. The Bertz CT molecular complexity index is 1160. The van der Waals surface area contributed by atoms with Crippen LogP contribution >= 0.6 is 0 Å². The maximum atomic E-state index is 12.9. The van der Waals surface area contributed by atoms with Gasteiger partial charge in [0.1, 0.15) is 12.1 Å². The Balaban J connectivity index is 1.60. The lowest BCUT2D eigenvalue weighted by atomic mass is 9.58. The monoisotopic (exact) mass is 602 g/mol. The number of nitrogens with one attached hydrogen (secondary N) is 2. The number of ether oxygens (including phenoxy) is 2. The molecule has 1 fully saturated rings. The molecule has 2 aliphatic carbocycles. The molecule has 5 N–H and O–H groups in total. The van der Waals surface area contributed by atoms with Gasteiger partial charge in [-0.2, -0.15) is 0 Å². The van der Waals surface area contributed by atoms with Crippen LogP contribution in [-0.4, -0.2) is 70.1 Å². The van der Waals surface area contributed by atoms with Gasteiger partial charge in [-0.1, -0.05) is 39.7 Å². The Morgan fingerprint density at radius 1 is 1.14 bits per heavy atom. The number of esters is 1. The molecule has 240 valence electrons. The van der Waals surface area contributed by atoms with E-state index in [1.807, 2.05) is 19.9 Å². The molecular formula is C33H50N2O8. The molecule has 0 radical (unpaired) electrons. The topological polar surface area (TPSA) is 154 Å². The van der Waals surface area contributed by atoms with Crippen molar-refractivity contribution in [3.8, 4) is 11.5 Å². The fourth-order valence-corrected chi connectivity index (χ4v) is 7.05. The van der Waals surface area contributed by atoms with Crippen molar-refractivity contribution in [2.75, 3.05) is 13.1 Å². The van der Waals surface area contributed by atoms with Crippen LogP contribution in [0.5, 0.6) is 11.5 Å². The van der Waals surface area contributed by atoms with Crippen LogP contribution in [0.1, 0.15) is 103 Å². The molecule has 3 aliphatic rings. The lowest BCUT2D eigenvalue weighted by molar-refractivity contribution is -0.143. The van der Waals surface area contributed by atoms with Crippen LogP contribution in [0.3, 0.4) is 0 Å². The first kappa shape index (κ1) is 33.2. The molecule has 1 unspecified atom stereocenters. The average Bonchev–Trinajstić information content (AvgIpc) is 3.28. The van der Waals surface area contributed by atoms with Gasteiger partial charge in [0.25, 0.3) is 0 Å². The minimum atomic E-state index is -1.19. The highest BCUT2D eigenvalue weighted by Crippen LogP contribution is 2.59. The van der Waals surface area contributed by atoms with Crippen LogP contribution in [0.2, 0.25) is 0 Å². The van der Waals surface area contributed by atoms with E-state index in [0.29, 0.717) is 37.5 Å². The third-order valence-corrected chi connectivity index (χ3v) is 9.86. The lowest BCUT2D eigenvalue weighted by Crippen LogP contribution is -2.61. The first-order valence-corrected chi connectivity index (χ1v) is 16.1. The number of benzene rings is 1. The zero-order valence-electron chi connectivity index (χ0n) is 26.1. The van der Waals surface area contributed by atoms with Crippen LogP contribution in [0.25, 0.3) is 0 Å². The number of carbonyl (C=O) groups excluding carboxylic acids is 2. The largest absolute Gasteiger partial charge is 0.482 e. The summed E-state index contributed by atoms with van der Waals surface area (Å²) in [5.74, 6) is -1.39. The number of carboxylic acids is 1. The minimum Gasteiger partial charge on any atom is -0.482 e. The molecule has 4 rings (SSSR count). The van der Waals surface area contributed by atoms with Crippen LogP contribution < -0.4 is 20.1 Å². The average molecular weight is 603 g/mol. The summed E-state index contributed by atoms with van der Waals surface area (Å²) in [7, 11) is 0. The van der Waals surface area contributed by atoms with E-state index in [2.05, 4.69) is 10.6 Å². The number of aliphatic carboxylic acids is 1. The Hall–Kier alpha value is -2.69. The second kappa shape index (κ2) is 13.9. The van der Waals surface area contributed by atoms with Crippen molar-refractivity contribution in [2.24, 2.45) is 11.8 Å². The molecule has 1 aromatic carbocycles. The molecule has 10 heteroatoms. The van der Waals surface area contributed by atoms with Crippen molar-refractivity contribution < 1.29 is 39.2 Å². The Kier molecular flexibility index (Phi) is 10.8. The summed E-state index contributed by atoms with van der Waals surface area (Å²) in [6.45, 7) is 8.70. The van der Waals surface area contributed by atoms with E-state index in [1.165, 1.54) is 19.3 Å².